The van der Waals surface area contributed by atoms with E-state index in [2.05, 4.69) is 33.9 Å². The Morgan fingerprint density at radius 2 is 1.84 bits per heavy atom. The first kappa shape index (κ1) is 22.5. The van der Waals surface area contributed by atoms with Gasteiger partial charge in [-0.2, -0.15) is 4.98 Å². The molecule has 0 N–H and O–H groups in total. The van der Waals surface area contributed by atoms with Crippen LogP contribution in [0.5, 0.6) is 6.01 Å². The lowest BCUT2D eigenvalue weighted by atomic mass is 10.2. The number of benzene rings is 1. The molecule has 166 valence electrons. The zero-order chi connectivity index (χ0) is 22.5. The van der Waals surface area contributed by atoms with Crippen LogP contribution >= 0.6 is 0 Å². The van der Waals surface area contributed by atoms with Crippen LogP contribution in [0.3, 0.4) is 0 Å². The van der Waals surface area contributed by atoms with Gasteiger partial charge in [0.15, 0.2) is 22.8 Å². The van der Waals surface area contributed by atoms with E-state index in [1.54, 1.807) is 0 Å². The van der Waals surface area contributed by atoms with E-state index in [1.165, 1.54) is 13.1 Å². The van der Waals surface area contributed by atoms with Gasteiger partial charge < -0.3 is 9.64 Å². The van der Waals surface area contributed by atoms with Gasteiger partial charge in [-0.3, -0.25) is 13.9 Å². The van der Waals surface area contributed by atoms with Gasteiger partial charge in [0.1, 0.15) is 0 Å². The Kier molecular flexibility index (Phi) is 7.06. The number of fused-ring (bicyclic) bond motifs is 1. The first-order chi connectivity index (χ1) is 14.8. The zero-order valence-electron chi connectivity index (χ0n) is 17.6. The molecule has 0 spiro atoms. The largest absolute Gasteiger partial charge is 0.462 e. The van der Waals surface area contributed by atoms with Crippen LogP contribution in [0.1, 0.15) is 25.8 Å². The summed E-state index contributed by atoms with van der Waals surface area (Å²) in [6, 6.07) is 3.22. The van der Waals surface area contributed by atoms with Crippen LogP contribution in [0.4, 0.5) is 8.78 Å². The third kappa shape index (κ3) is 4.93. The fraction of sp³-hybridized carbons (Fsp3) is 0.450. The normalized spacial score (nSPS) is 11.4. The highest BCUT2D eigenvalue weighted by atomic mass is 19.2. The van der Waals surface area contributed by atoms with E-state index in [-0.39, 0.29) is 23.7 Å². The van der Waals surface area contributed by atoms with Crippen LogP contribution in [0.25, 0.3) is 11.2 Å². The smallest absolute Gasteiger partial charge is 0.336 e. The van der Waals surface area contributed by atoms with Gasteiger partial charge in [-0.1, -0.05) is 25.0 Å². The minimum atomic E-state index is -1.04. The Labute approximate surface area is 176 Å². The maximum absolute atomic E-state index is 13.6. The lowest BCUT2D eigenvalue weighted by Gasteiger charge is -2.17. The van der Waals surface area contributed by atoms with Crippen molar-refractivity contribution in [3.8, 4) is 6.01 Å². The van der Waals surface area contributed by atoms with Crippen molar-refractivity contribution in [1.29, 1.82) is 0 Å². The summed E-state index contributed by atoms with van der Waals surface area (Å²) in [5.41, 5.74) is -1.16. The molecule has 31 heavy (non-hydrogen) atoms. The maximum Gasteiger partial charge on any atom is 0.336 e. The Hall–Kier alpha value is -3.21. The van der Waals surface area contributed by atoms with Gasteiger partial charge in [-0.05, 0) is 37.2 Å². The molecule has 0 bridgehead atoms. The van der Waals surface area contributed by atoms with Crippen molar-refractivity contribution in [3.05, 3.63) is 56.2 Å². The Morgan fingerprint density at radius 3 is 2.52 bits per heavy atom. The first-order valence-electron chi connectivity index (χ1n) is 9.99. The second-order valence-corrected chi connectivity index (χ2v) is 6.98. The van der Waals surface area contributed by atoms with Crippen LogP contribution in [-0.2, 0) is 13.6 Å². The molecule has 11 heteroatoms. The Morgan fingerprint density at radius 1 is 1.10 bits per heavy atom. The van der Waals surface area contributed by atoms with Gasteiger partial charge in [-0.15, -0.1) is 5.10 Å². The quantitative estimate of drug-likeness (QED) is 0.469. The van der Waals surface area contributed by atoms with E-state index in [1.807, 2.05) is 0 Å². The van der Waals surface area contributed by atoms with Crippen molar-refractivity contribution < 1.29 is 13.5 Å². The van der Waals surface area contributed by atoms with E-state index in [0.717, 1.165) is 47.3 Å². The number of nitrogens with zero attached hydrogens (tertiary/aromatic N) is 6. The fourth-order valence-corrected chi connectivity index (χ4v) is 3.16. The number of rotatable bonds is 9. The summed E-state index contributed by atoms with van der Waals surface area (Å²) in [7, 11) is 1.30. The Bertz CT molecular complexity index is 1190. The third-order valence-corrected chi connectivity index (χ3v) is 5.00. The lowest BCUT2D eigenvalue weighted by molar-refractivity contribution is 0.237. The SMILES string of the molecule is CCN(CC)CCCOc1nnc2c(n1)c(=O)n(C)c(=O)n2Cc1ccc(F)c(F)c1. The van der Waals surface area contributed by atoms with E-state index < -0.39 is 22.9 Å². The average molecular weight is 434 g/mol. The van der Waals surface area contributed by atoms with Gasteiger partial charge in [0.2, 0.25) is 0 Å². The summed E-state index contributed by atoms with van der Waals surface area (Å²) in [4.78, 5) is 31.5. The van der Waals surface area contributed by atoms with Crippen LogP contribution in [0.15, 0.2) is 27.8 Å². The number of aromatic nitrogens is 5. The molecule has 0 unspecified atom stereocenters. The van der Waals surface area contributed by atoms with E-state index >= 15 is 0 Å². The van der Waals surface area contributed by atoms with Gasteiger partial charge in [0.25, 0.3) is 5.56 Å². The minimum absolute atomic E-state index is 0.0617. The molecule has 0 saturated heterocycles. The topological polar surface area (TPSA) is 95.1 Å². The highest BCUT2D eigenvalue weighted by Crippen LogP contribution is 2.12. The maximum atomic E-state index is 13.6. The summed E-state index contributed by atoms with van der Waals surface area (Å²) in [6.45, 7) is 7.10. The monoisotopic (exact) mass is 434 g/mol. The molecule has 3 rings (SSSR count). The number of ether oxygens (including phenoxy) is 1. The number of halogens is 2. The van der Waals surface area contributed by atoms with Crippen LogP contribution in [0.2, 0.25) is 0 Å². The van der Waals surface area contributed by atoms with Gasteiger partial charge >= 0.3 is 11.7 Å². The molecule has 0 atom stereocenters. The van der Waals surface area contributed by atoms with Gasteiger partial charge in [0, 0.05) is 13.6 Å². The first-order valence-corrected chi connectivity index (χ1v) is 9.99. The summed E-state index contributed by atoms with van der Waals surface area (Å²) in [6.07, 6.45) is 0.747. The predicted molar refractivity (Wildman–Crippen MR) is 110 cm³/mol. The summed E-state index contributed by atoms with van der Waals surface area (Å²) in [5, 5.41) is 7.83. The molecule has 0 aliphatic heterocycles. The summed E-state index contributed by atoms with van der Waals surface area (Å²) in [5.74, 6) is -2.03. The molecule has 9 nitrogen and oxygen atoms in total. The van der Waals surface area contributed by atoms with Crippen LogP contribution < -0.4 is 16.0 Å². The number of hydrogen-bond acceptors (Lipinski definition) is 7. The van der Waals surface area contributed by atoms with Crippen molar-refractivity contribution in [3.63, 3.8) is 0 Å². The minimum Gasteiger partial charge on any atom is -0.462 e. The van der Waals surface area contributed by atoms with Crippen LogP contribution in [0, 0.1) is 11.6 Å². The van der Waals surface area contributed by atoms with E-state index in [4.69, 9.17) is 4.74 Å². The molecule has 3 aromatic rings. The molecular formula is C20H24F2N6O3. The second-order valence-electron chi connectivity index (χ2n) is 6.98. The molecular weight excluding hydrogens is 410 g/mol. The molecule has 0 radical (unpaired) electrons. The van der Waals surface area contributed by atoms with Crippen LogP contribution in [-0.4, -0.2) is 55.5 Å². The van der Waals surface area contributed by atoms with E-state index in [9.17, 15) is 18.4 Å². The summed E-state index contributed by atoms with van der Waals surface area (Å²) >= 11 is 0. The lowest BCUT2D eigenvalue weighted by Crippen LogP contribution is -2.39. The number of hydrogen-bond donors (Lipinski definition) is 0. The molecule has 0 saturated carbocycles. The molecule has 0 fully saturated rings. The standard InChI is InChI=1S/C20H24F2N6O3/c1-4-27(5-2)9-6-10-31-19-23-16-17(24-25-19)28(20(30)26(3)18(16)29)12-13-7-8-14(21)15(22)11-13/h7-8,11H,4-6,9-10,12H2,1-3H3. The molecule has 1 aromatic carbocycles. The molecule has 2 aromatic heterocycles. The zero-order valence-corrected chi connectivity index (χ0v) is 17.6. The highest BCUT2D eigenvalue weighted by molar-refractivity contribution is 5.68. The van der Waals surface area contributed by atoms with Gasteiger partial charge in [0.05, 0.1) is 13.2 Å². The van der Waals surface area contributed by atoms with Crippen molar-refractivity contribution in [1.82, 2.24) is 29.2 Å². The van der Waals surface area contributed by atoms with E-state index in [0.29, 0.717) is 12.2 Å². The van der Waals surface area contributed by atoms with Gasteiger partial charge in [-0.25, -0.2) is 13.6 Å². The van der Waals surface area contributed by atoms with Crippen molar-refractivity contribution in [2.45, 2.75) is 26.8 Å². The Balaban J connectivity index is 1.89. The molecule has 0 aliphatic rings. The molecule has 0 amide bonds. The fourth-order valence-electron chi connectivity index (χ4n) is 3.16. The third-order valence-electron chi connectivity index (χ3n) is 5.00. The molecule has 2 heterocycles. The van der Waals surface area contributed by atoms with Crippen molar-refractivity contribution in [2.75, 3.05) is 26.2 Å². The predicted octanol–water partition coefficient (Wildman–Crippen LogP) is 1.32. The molecule has 0 aliphatic carbocycles. The summed E-state index contributed by atoms with van der Waals surface area (Å²) < 4.78 is 34.3. The average Bonchev–Trinajstić information content (AvgIpc) is 2.77. The van der Waals surface area contributed by atoms with Crippen molar-refractivity contribution >= 4 is 11.2 Å². The van der Waals surface area contributed by atoms with Crippen molar-refractivity contribution in [2.24, 2.45) is 7.05 Å². The highest BCUT2D eigenvalue weighted by Gasteiger charge is 2.16. The second kappa shape index (κ2) is 9.73.